The third-order valence-corrected chi connectivity index (χ3v) is 6.81. The van der Waals surface area contributed by atoms with Crippen LogP contribution in [0.5, 0.6) is 0 Å². The summed E-state index contributed by atoms with van der Waals surface area (Å²) >= 11 is 5.54. The molecule has 1 saturated heterocycles. The Kier molecular flexibility index (Phi) is 4.61. The molecular weight excluding hydrogens is 367 g/mol. The molecule has 1 aliphatic carbocycles. The summed E-state index contributed by atoms with van der Waals surface area (Å²) in [5, 5.41) is -0.522. The van der Waals surface area contributed by atoms with Gasteiger partial charge in [-0.25, -0.2) is 13.1 Å². The number of alkyl halides is 3. The van der Waals surface area contributed by atoms with E-state index in [0.717, 1.165) is 31.4 Å². The first-order chi connectivity index (χ1) is 11.1. The second kappa shape index (κ2) is 6.16. The van der Waals surface area contributed by atoms with Crippen molar-refractivity contribution in [2.24, 2.45) is 5.41 Å². The van der Waals surface area contributed by atoms with Crippen LogP contribution >= 0.6 is 11.6 Å². The van der Waals surface area contributed by atoms with Gasteiger partial charge in [0.2, 0.25) is 10.0 Å². The van der Waals surface area contributed by atoms with Gasteiger partial charge in [0, 0.05) is 19.3 Å². The smallest absolute Gasteiger partial charge is 0.381 e. The molecule has 1 atom stereocenters. The van der Waals surface area contributed by atoms with Crippen LogP contribution < -0.4 is 4.72 Å². The van der Waals surface area contributed by atoms with Crippen molar-refractivity contribution in [3.05, 3.63) is 28.8 Å². The van der Waals surface area contributed by atoms with Crippen LogP contribution in [0.1, 0.15) is 31.2 Å². The van der Waals surface area contributed by atoms with E-state index in [2.05, 4.69) is 4.72 Å². The van der Waals surface area contributed by atoms with E-state index in [1.165, 1.54) is 0 Å². The Morgan fingerprint density at radius 2 is 1.88 bits per heavy atom. The van der Waals surface area contributed by atoms with E-state index in [1.54, 1.807) is 0 Å². The minimum Gasteiger partial charge on any atom is -0.381 e. The highest BCUT2D eigenvalue weighted by atomic mass is 35.5. The van der Waals surface area contributed by atoms with Crippen LogP contribution in [0.2, 0.25) is 5.02 Å². The Labute approximate surface area is 143 Å². The summed E-state index contributed by atoms with van der Waals surface area (Å²) in [6.07, 6.45) is -1.61. The summed E-state index contributed by atoms with van der Waals surface area (Å²) < 4.78 is 71.7. The van der Waals surface area contributed by atoms with Gasteiger partial charge in [-0.3, -0.25) is 0 Å². The molecule has 3 rings (SSSR count). The van der Waals surface area contributed by atoms with Crippen LogP contribution in [0, 0.1) is 5.41 Å². The molecule has 1 unspecified atom stereocenters. The number of halogens is 4. The normalized spacial score (nSPS) is 23.9. The Balaban J connectivity index is 1.84. The molecule has 0 radical (unpaired) electrons. The molecule has 9 heteroatoms. The average Bonchev–Trinajstić information content (AvgIpc) is 2.52. The minimum absolute atomic E-state index is 0.134. The number of sulfonamides is 1. The first kappa shape index (κ1) is 18.0. The molecular formula is C15H17ClF3NO3S. The Morgan fingerprint density at radius 1 is 1.21 bits per heavy atom. The molecule has 1 saturated carbocycles. The summed E-state index contributed by atoms with van der Waals surface area (Å²) in [6, 6.07) is 2.37. The zero-order valence-corrected chi connectivity index (χ0v) is 14.3. The maximum Gasteiger partial charge on any atom is 0.417 e. The Hall–Kier alpha value is -0.830. The van der Waals surface area contributed by atoms with E-state index >= 15 is 0 Å². The van der Waals surface area contributed by atoms with Crippen molar-refractivity contribution >= 4 is 21.6 Å². The summed E-state index contributed by atoms with van der Waals surface area (Å²) in [7, 11) is -4.04. The molecule has 0 amide bonds. The SMILES string of the molecule is O=S(=O)(NC1CCC12CCOCC2)c1ccc(Cl)c(C(F)(F)F)c1. The van der Waals surface area contributed by atoms with Crippen molar-refractivity contribution in [3.8, 4) is 0 Å². The van der Waals surface area contributed by atoms with E-state index in [9.17, 15) is 21.6 Å². The van der Waals surface area contributed by atoms with Gasteiger partial charge in [-0.2, -0.15) is 13.2 Å². The van der Waals surface area contributed by atoms with Gasteiger partial charge < -0.3 is 4.74 Å². The first-order valence-corrected chi connectivity index (χ1v) is 9.47. The second-order valence-corrected chi connectivity index (χ2v) is 8.45. The molecule has 4 nitrogen and oxygen atoms in total. The van der Waals surface area contributed by atoms with E-state index in [-0.39, 0.29) is 11.5 Å². The van der Waals surface area contributed by atoms with E-state index in [4.69, 9.17) is 16.3 Å². The lowest BCUT2D eigenvalue weighted by Crippen LogP contribution is -2.57. The molecule has 1 aliphatic heterocycles. The molecule has 24 heavy (non-hydrogen) atoms. The predicted octanol–water partition coefficient (Wildman–Crippen LogP) is 3.60. The maximum absolute atomic E-state index is 12.9. The maximum atomic E-state index is 12.9. The average molecular weight is 384 g/mol. The molecule has 0 aromatic heterocycles. The van der Waals surface area contributed by atoms with Crippen LogP contribution in [0.3, 0.4) is 0 Å². The van der Waals surface area contributed by atoms with Crippen LogP contribution in [0.4, 0.5) is 13.2 Å². The summed E-state index contributed by atoms with van der Waals surface area (Å²) in [5.74, 6) is 0. The number of hydrogen-bond donors (Lipinski definition) is 1. The summed E-state index contributed by atoms with van der Waals surface area (Å²) in [5.41, 5.74) is -1.29. The third-order valence-electron chi connectivity index (χ3n) is 5.01. The van der Waals surface area contributed by atoms with Crippen molar-refractivity contribution in [1.82, 2.24) is 4.72 Å². The monoisotopic (exact) mass is 383 g/mol. The van der Waals surface area contributed by atoms with Gasteiger partial charge in [-0.1, -0.05) is 11.6 Å². The number of hydrogen-bond acceptors (Lipinski definition) is 3. The van der Waals surface area contributed by atoms with E-state index in [1.807, 2.05) is 0 Å². The Morgan fingerprint density at radius 3 is 2.42 bits per heavy atom. The van der Waals surface area contributed by atoms with Gasteiger partial charge in [0.05, 0.1) is 15.5 Å². The molecule has 134 valence electrons. The number of nitrogens with one attached hydrogen (secondary N) is 1. The van der Waals surface area contributed by atoms with Crippen molar-refractivity contribution in [2.75, 3.05) is 13.2 Å². The fraction of sp³-hybridized carbons (Fsp3) is 0.600. The van der Waals surface area contributed by atoms with Crippen LogP contribution in [0.25, 0.3) is 0 Å². The lowest BCUT2D eigenvalue weighted by atomic mass is 9.60. The Bertz CT molecular complexity index is 730. The van der Waals surface area contributed by atoms with Crippen molar-refractivity contribution < 1.29 is 26.3 Å². The highest BCUT2D eigenvalue weighted by molar-refractivity contribution is 7.89. The fourth-order valence-electron chi connectivity index (χ4n) is 3.40. The lowest BCUT2D eigenvalue weighted by molar-refractivity contribution is -0.137. The van der Waals surface area contributed by atoms with Gasteiger partial charge in [-0.15, -0.1) is 0 Å². The third kappa shape index (κ3) is 3.29. The van der Waals surface area contributed by atoms with Gasteiger partial charge in [0.15, 0.2) is 0 Å². The van der Waals surface area contributed by atoms with Gasteiger partial charge in [-0.05, 0) is 49.3 Å². The molecule has 1 spiro atoms. The molecule has 1 aromatic rings. The van der Waals surface area contributed by atoms with Gasteiger partial charge in [0.25, 0.3) is 0 Å². The van der Waals surface area contributed by atoms with Crippen LogP contribution in [0.15, 0.2) is 23.1 Å². The highest BCUT2D eigenvalue weighted by Crippen LogP contribution is 2.49. The summed E-state index contributed by atoms with van der Waals surface area (Å²) in [4.78, 5) is -0.423. The van der Waals surface area contributed by atoms with Crippen molar-refractivity contribution in [2.45, 2.75) is 42.8 Å². The van der Waals surface area contributed by atoms with Crippen molar-refractivity contribution in [1.29, 1.82) is 0 Å². The highest BCUT2D eigenvalue weighted by Gasteiger charge is 2.49. The standard InChI is InChI=1S/C15H17ClF3NO3S/c16-12-2-1-10(9-11(12)15(17,18)19)24(21,22)20-13-3-4-14(13)5-7-23-8-6-14/h1-2,9,13,20H,3-8H2. The summed E-state index contributed by atoms with van der Waals surface area (Å²) in [6.45, 7) is 1.16. The van der Waals surface area contributed by atoms with E-state index < -0.39 is 31.7 Å². The quantitative estimate of drug-likeness (QED) is 0.867. The number of ether oxygens (including phenoxy) is 1. The lowest BCUT2D eigenvalue weighted by Gasteiger charge is -2.51. The fourth-order valence-corrected chi connectivity index (χ4v) is 5.02. The zero-order valence-electron chi connectivity index (χ0n) is 12.7. The topological polar surface area (TPSA) is 55.4 Å². The molecule has 1 N–H and O–H groups in total. The van der Waals surface area contributed by atoms with Crippen molar-refractivity contribution in [3.63, 3.8) is 0 Å². The second-order valence-electron chi connectivity index (χ2n) is 6.33. The number of rotatable bonds is 3. The van der Waals surface area contributed by atoms with Gasteiger partial charge >= 0.3 is 6.18 Å². The molecule has 2 fully saturated rings. The first-order valence-electron chi connectivity index (χ1n) is 7.61. The molecule has 1 aromatic carbocycles. The van der Waals surface area contributed by atoms with E-state index in [0.29, 0.717) is 25.7 Å². The molecule has 0 bridgehead atoms. The van der Waals surface area contributed by atoms with Crippen LogP contribution in [-0.4, -0.2) is 27.7 Å². The zero-order chi connectivity index (χ0) is 17.6. The largest absolute Gasteiger partial charge is 0.417 e. The minimum atomic E-state index is -4.71. The molecule has 2 aliphatic rings. The van der Waals surface area contributed by atoms with Crippen LogP contribution in [-0.2, 0) is 20.9 Å². The molecule has 1 heterocycles. The van der Waals surface area contributed by atoms with Gasteiger partial charge in [0.1, 0.15) is 0 Å². The predicted molar refractivity (Wildman–Crippen MR) is 82.3 cm³/mol. The number of benzene rings is 1.